The van der Waals surface area contributed by atoms with E-state index in [4.69, 9.17) is 57.3 Å². The standard InChI is InChI=1S/C38H34N4.C27H32N2.C25H28N2.C23H26N2/c39-33-17-9-29(10-18-33)37(30-11-19-34(40)20-12-30)27-5-1-25(2-6-27)26-3-7-28(8-4-26)38(31-13-21-35(41)22-14-31)32-15-23-36(42)24-16-32;1-18-16-23(20-6-4-3-5-7-20)17-19(2)26(18)27(21-8-12-24(28)13-9-21)22-10-14-25(29)15-11-22;26-23-14-10-21(11-15-23)25(22-12-16-24(27)17-13-22)20-8-6-19(7-9-20)18-4-2-1-3-5-18;1-3-16(2)17-4-6-18(7-5-17)23(19-8-12-21(24)13-9-19)20-10-14-22(25)15-11-20/h1-24,37-38H,39-42H2;8-17,20,27H,3-7,28-29H2,1-2H3;6-18,25H,1-5,26-27H2;4-16,23H,3,24-25H2,1-2H3. The minimum absolute atomic E-state index is 0.0724. The zero-order valence-corrected chi connectivity index (χ0v) is 71.7. The van der Waals surface area contributed by atoms with E-state index in [1.165, 1.54) is 175 Å². The summed E-state index contributed by atoms with van der Waals surface area (Å²) in [4.78, 5) is 0. The van der Waals surface area contributed by atoms with Gasteiger partial charge in [-0.1, -0.05) is 283 Å². The third kappa shape index (κ3) is 21.9. The van der Waals surface area contributed by atoms with E-state index in [1.807, 2.05) is 121 Å². The Hall–Kier alpha value is -13.7. The highest BCUT2D eigenvalue weighted by atomic mass is 14.6. The first-order chi connectivity index (χ1) is 59.7. The van der Waals surface area contributed by atoms with Gasteiger partial charge in [-0.3, -0.25) is 0 Å². The molecule has 0 aromatic heterocycles. The summed E-state index contributed by atoms with van der Waals surface area (Å²) in [5, 5.41) is 0. The van der Waals surface area contributed by atoms with Crippen molar-refractivity contribution in [2.45, 2.75) is 146 Å². The smallest absolute Gasteiger partial charge is 0.0345 e. The fourth-order valence-electron chi connectivity index (χ4n) is 18.2. The first kappa shape index (κ1) is 85.7. The molecule has 10 nitrogen and oxygen atoms in total. The summed E-state index contributed by atoms with van der Waals surface area (Å²) in [6.45, 7) is 9.04. The number of benzene rings is 15. The van der Waals surface area contributed by atoms with Crippen LogP contribution in [0.5, 0.6) is 0 Å². The van der Waals surface area contributed by atoms with Crippen LogP contribution in [0.25, 0.3) is 11.1 Å². The summed E-state index contributed by atoms with van der Waals surface area (Å²) in [7, 11) is 0. The lowest BCUT2D eigenvalue weighted by Gasteiger charge is -2.27. The van der Waals surface area contributed by atoms with Gasteiger partial charge in [-0.25, -0.2) is 0 Å². The predicted octanol–water partition coefficient (Wildman–Crippen LogP) is 26.4. The van der Waals surface area contributed by atoms with Crippen molar-refractivity contribution in [2.75, 3.05) is 57.3 Å². The first-order valence-corrected chi connectivity index (χ1v) is 43.8. The Balaban J connectivity index is 0.000000137. The van der Waals surface area contributed by atoms with Crippen molar-refractivity contribution in [3.05, 3.63) is 463 Å². The Morgan fingerprint density at radius 3 is 0.593 bits per heavy atom. The number of hydrogen-bond acceptors (Lipinski definition) is 10. The topological polar surface area (TPSA) is 260 Å². The van der Waals surface area contributed by atoms with E-state index in [2.05, 4.69) is 258 Å². The molecule has 123 heavy (non-hydrogen) atoms. The highest BCUT2D eigenvalue weighted by molar-refractivity contribution is 5.67. The number of rotatable bonds is 20. The molecule has 0 radical (unpaired) electrons. The van der Waals surface area contributed by atoms with E-state index >= 15 is 0 Å². The van der Waals surface area contributed by atoms with Gasteiger partial charge in [-0.15, -0.1) is 0 Å². The summed E-state index contributed by atoms with van der Waals surface area (Å²) in [6.07, 6.45) is 14.7. The molecular weight excluding hydrogens is 1500 g/mol. The van der Waals surface area contributed by atoms with Crippen LogP contribution in [0.1, 0.15) is 243 Å². The van der Waals surface area contributed by atoms with Gasteiger partial charge in [-0.05, 0) is 307 Å². The van der Waals surface area contributed by atoms with Gasteiger partial charge in [0.2, 0.25) is 0 Å². The fraction of sp³-hybridized carbons (Fsp3) is 0.204. The van der Waals surface area contributed by atoms with Crippen molar-refractivity contribution >= 4 is 56.9 Å². The second kappa shape index (κ2) is 40.6. The molecule has 1 unspecified atom stereocenters. The molecule has 0 heterocycles. The third-order valence-electron chi connectivity index (χ3n) is 25.3. The summed E-state index contributed by atoms with van der Waals surface area (Å²) < 4.78 is 0. The molecule has 0 amide bonds. The van der Waals surface area contributed by atoms with Gasteiger partial charge in [0.1, 0.15) is 0 Å². The summed E-state index contributed by atoms with van der Waals surface area (Å²) in [5.41, 5.74) is 95.3. The lowest BCUT2D eigenvalue weighted by atomic mass is 9.77. The van der Waals surface area contributed by atoms with E-state index in [-0.39, 0.29) is 29.6 Å². The van der Waals surface area contributed by atoms with E-state index in [0.717, 1.165) is 86.3 Å². The second-order valence-electron chi connectivity index (χ2n) is 34.0. The van der Waals surface area contributed by atoms with Crippen LogP contribution in [0, 0.1) is 13.8 Å². The normalized spacial score (nSPS) is 13.2. The Kier molecular flexibility index (Phi) is 28.3. The maximum absolute atomic E-state index is 5.99. The van der Waals surface area contributed by atoms with Crippen molar-refractivity contribution in [1.29, 1.82) is 0 Å². The van der Waals surface area contributed by atoms with E-state index in [0.29, 0.717) is 5.92 Å². The molecule has 15 aromatic carbocycles. The van der Waals surface area contributed by atoms with Gasteiger partial charge in [0, 0.05) is 86.5 Å². The molecule has 2 fully saturated rings. The number of aryl methyl sites for hydroxylation is 2. The lowest BCUT2D eigenvalue weighted by molar-refractivity contribution is 0.443. The van der Waals surface area contributed by atoms with Gasteiger partial charge in [0.05, 0.1) is 0 Å². The number of nitrogens with two attached hydrogens (primary N) is 10. The van der Waals surface area contributed by atoms with Gasteiger partial charge >= 0.3 is 0 Å². The molecule has 2 aliphatic carbocycles. The van der Waals surface area contributed by atoms with Gasteiger partial charge in [-0.2, -0.15) is 0 Å². The monoisotopic (exact) mass is 1620 g/mol. The van der Waals surface area contributed by atoms with Crippen LogP contribution in [0.3, 0.4) is 0 Å². The number of anilines is 10. The van der Waals surface area contributed by atoms with Crippen LogP contribution >= 0.6 is 0 Å². The van der Waals surface area contributed by atoms with Crippen LogP contribution < -0.4 is 57.3 Å². The number of nitrogen functional groups attached to an aromatic ring is 10. The highest BCUT2D eigenvalue weighted by Crippen LogP contribution is 2.44. The lowest BCUT2D eigenvalue weighted by Crippen LogP contribution is -2.11. The Morgan fingerprint density at radius 2 is 0.382 bits per heavy atom. The third-order valence-corrected chi connectivity index (χ3v) is 25.3. The van der Waals surface area contributed by atoms with Crippen LogP contribution in [-0.2, 0) is 0 Å². The average Bonchev–Trinajstić information content (AvgIpc) is 0.822. The van der Waals surface area contributed by atoms with Crippen LogP contribution in [0.15, 0.2) is 352 Å². The van der Waals surface area contributed by atoms with Gasteiger partial charge in [0.15, 0.2) is 0 Å². The second-order valence-corrected chi connectivity index (χ2v) is 34.0. The zero-order chi connectivity index (χ0) is 85.9. The molecule has 622 valence electrons. The molecule has 0 spiro atoms. The van der Waals surface area contributed by atoms with Crippen molar-refractivity contribution in [3.8, 4) is 11.1 Å². The van der Waals surface area contributed by atoms with Gasteiger partial charge in [0.25, 0.3) is 0 Å². The molecule has 10 heteroatoms. The van der Waals surface area contributed by atoms with E-state index < -0.39 is 0 Å². The highest BCUT2D eigenvalue weighted by Gasteiger charge is 2.27. The molecule has 0 aliphatic heterocycles. The molecule has 0 bridgehead atoms. The zero-order valence-electron chi connectivity index (χ0n) is 71.7. The van der Waals surface area contributed by atoms with Crippen molar-refractivity contribution < 1.29 is 0 Å². The minimum atomic E-state index is 0.0724. The SMILES string of the molecule is CCC(C)c1ccc(C(c2ccc(N)cc2)c2ccc(N)cc2)cc1.Cc1cc(C2CCCCC2)cc(C)c1C(c1ccc(N)cc1)c1ccc(N)cc1.Nc1ccc(C(c2ccc(N)cc2)c2ccc(-c3ccc(C(c4ccc(N)cc4)c4ccc(N)cc4)cc3)cc2)cc1.Nc1ccc(C(c2ccc(N)cc2)c2ccc(C3CCCCC3)cc2)cc1. The minimum Gasteiger partial charge on any atom is -0.399 e. The molecule has 17 rings (SSSR count). The quantitative estimate of drug-likeness (QED) is 0.0255. The van der Waals surface area contributed by atoms with Gasteiger partial charge < -0.3 is 57.3 Å². The Labute approximate surface area is 729 Å². The summed E-state index contributed by atoms with van der Waals surface area (Å²) in [5.74, 6) is 2.73. The maximum atomic E-state index is 5.99. The van der Waals surface area contributed by atoms with Crippen molar-refractivity contribution in [1.82, 2.24) is 0 Å². The Morgan fingerprint density at radius 1 is 0.211 bits per heavy atom. The summed E-state index contributed by atoms with van der Waals surface area (Å²) >= 11 is 0. The summed E-state index contributed by atoms with van der Waals surface area (Å²) in [6, 6.07) is 123. The van der Waals surface area contributed by atoms with Crippen LogP contribution in [0.2, 0.25) is 0 Å². The van der Waals surface area contributed by atoms with Crippen LogP contribution in [-0.4, -0.2) is 0 Å². The van der Waals surface area contributed by atoms with Crippen molar-refractivity contribution in [3.63, 3.8) is 0 Å². The average molecular weight is 1620 g/mol. The molecule has 0 saturated heterocycles. The molecule has 15 aromatic rings. The molecular formula is C113H120N10. The molecule has 20 N–H and O–H groups in total. The number of hydrogen-bond donors (Lipinski definition) is 10. The van der Waals surface area contributed by atoms with Crippen molar-refractivity contribution in [2.24, 2.45) is 0 Å². The maximum Gasteiger partial charge on any atom is 0.0345 e. The van der Waals surface area contributed by atoms with E-state index in [9.17, 15) is 0 Å². The van der Waals surface area contributed by atoms with Crippen LogP contribution in [0.4, 0.5) is 56.9 Å². The molecule has 2 saturated carbocycles. The fourth-order valence-corrected chi connectivity index (χ4v) is 18.2. The largest absolute Gasteiger partial charge is 0.399 e. The predicted molar refractivity (Wildman–Crippen MR) is 524 cm³/mol. The molecule has 2 aliphatic rings. The van der Waals surface area contributed by atoms with E-state index in [1.54, 1.807) is 0 Å². The molecule has 1 atom stereocenters. The first-order valence-electron chi connectivity index (χ1n) is 43.8. The Bertz CT molecular complexity index is 5420.